The molecule has 96 valence electrons. The van der Waals surface area contributed by atoms with Crippen LogP contribution in [0, 0.1) is 0 Å². The normalized spacial score (nSPS) is 12.7. The maximum atomic E-state index is 11.9. The summed E-state index contributed by atoms with van der Waals surface area (Å²) in [6.07, 6.45) is 3.37. The lowest BCUT2D eigenvalue weighted by atomic mass is 10.2. The van der Waals surface area contributed by atoms with E-state index in [1.54, 1.807) is 12.4 Å². The smallest absolute Gasteiger partial charge is 0.282 e. The fourth-order valence-electron chi connectivity index (χ4n) is 1.40. The Morgan fingerprint density at radius 1 is 1.39 bits per heavy atom. The second kappa shape index (κ2) is 5.26. The minimum absolute atomic E-state index is 0.182. The summed E-state index contributed by atoms with van der Waals surface area (Å²) in [5, 5.41) is 12.0. The van der Waals surface area contributed by atoms with Gasteiger partial charge in [0.2, 0.25) is 5.01 Å². The number of hydrogen-bond donors (Lipinski definition) is 2. The van der Waals surface area contributed by atoms with Crippen molar-refractivity contribution in [3.63, 3.8) is 0 Å². The Balaban J connectivity index is 2.03. The topological polar surface area (TPSA) is 83.6 Å². The monoisotopic (exact) mass is 265 g/mol. The number of nitrogens with zero attached hydrogens (tertiary/aromatic N) is 3. The van der Waals surface area contributed by atoms with Gasteiger partial charge in [-0.15, -0.1) is 10.2 Å². The molecule has 0 saturated carbocycles. The van der Waals surface area contributed by atoms with Crippen molar-refractivity contribution in [3.05, 3.63) is 28.2 Å². The van der Waals surface area contributed by atoms with E-state index in [0.717, 1.165) is 10.8 Å². The molecule has 7 heteroatoms. The lowest BCUT2D eigenvalue weighted by molar-refractivity contribution is 0.0937. The summed E-state index contributed by atoms with van der Waals surface area (Å²) >= 11 is 1.32. The van der Waals surface area contributed by atoms with Crippen LogP contribution in [0.3, 0.4) is 0 Å². The Morgan fingerprint density at radius 2 is 2.17 bits per heavy atom. The highest BCUT2D eigenvalue weighted by Gasteiger charge is 2.17. The molecule has 2 N–H and O–H groups in total. The van der Waals surface area contributed by atoms with Gasteiger partial charge in [0.1, 0.15) is 10.8 Å². The minimum atomic E-state index is -0.219. The zero-order valence-electron chi connectivity index (χ0n) is 10.5. The summed E-state index contributed by atoms with van der Waals surface area (Å²) in [5.74, 6) is 0.784. The third-order valence-corrected chi connectivity index (χ3v) is 3.63. The van der Waals surface area contributed by atoms with Crippen LogP contribution >= 0.6 is 11.3 Å². The quantitative estimate of drug-likeness (QED) is 0.884. The Hall–Kier alpha value is -1.76. The number of rotatable bonds is 4. The highest BCUT2D eigenvalue weighted by molar-refractivity contribution is 7.13. The molecule has 2 rings (SSSR count). The number of aromatic amines is 1. The van der Waals surface area contributed by atoms with E-state index in [1.165, 1.54) is 11.3 Å². The van der Waals surface area contributed by atoms with Crippen LogP contribution in [-0.4, -0.2) is 26.1 Å². The van der Waals surface area contributed by atoms with Crippen LogP contribution in [0.2, 0.25) is 0 Å². The summed E-state index contributed by atoms with van der Waals surface area (Å²) in [5.41, 5.74) is 0. The van der Waals surface area contributed by atoms with Crippen LogP contribution in [0.1, 0.15) is 53.4 Å². The molecule has 0 aromatic carbocycles. The van der Waals surface area contributed by atoms with Gasteiger partial charge in [-0.1, -0.05) is 25.2 Å². The molecule has 0 saturated heterocycles. The van der Waals surface area contributed by atoms with Crippen molar-refractivity contribution in [3.8, 4) is 0 Å². The summed E-state index contributed by atoms with van der Waals surface area (Å²) in [6.45, 7) is 5.91. The van der Waals surface area contributed by atoms with Gasteiger partial charge in [-0.25, -0.2) is 4.98 Å². The van der Waals surface area contributed by atoms with E-state index in [1.807, 2.05) is 20.8 Å². The number of amides is 1. The van der Waals surface area contributed by atoms with E-state index in [2.05, 4.69) is 25.5 Å². The second-order valence-electron chi connectivity index (χ2n) is 4.27. The number of aromatic nitrogens is 4. The molecule has 2 aromatic rings. The van der Waals surface area contributed by atoms with Gasteiger partial charge < -0.3 is 10.3 Å². The van der Waals surface area contributed by atoms with Gasteiger partial charge in [0.05, 0.1) is 6.04 Å². The highest BCUT2D eigenvalue weighted by Crippen LogP contribution is 2.19. The maximum Gasteiger partial charge on any atom is 0.282 e. The second-order valence-corrected chi connectivity index (χ2v) is 5.28. The standard InChI is InChI=1S/C11H15N5OS/c1-6(2)10-15-16-11(18-10)9(17)14-7(3)8-12-4-5-13-8/h4-7H,1-3H3,(H,12,13)(H,14,17)/t7-/m1/s1. The molecule has 6 nitrogen and oxygen atoms in total. The number of carbonyl (C=O) groups excluding carboxylic acids is 1. The van der Waals surface area contributed by atoms with Crippen molar-refractivity contribution >= 4 is 17.2 Å². The average molecular weight is 265 g/mol. The van der Waals surface area contributed by atoms with E-state index in [4.69, 9.17) is 0 Å². The van der Waals surface area contributed by atoms with Crippen LogP contribution in [-0.2, 0) is 0 Å². The molecule has 0 spiro atoms. The molecular weight excluding hydrogens is 250 g/mol. The summed E-state index contributed by atoms with van der Waals surface area (Å²) in [7, 11) is 0. The predicted molar refractivity (Wildman–Crippen MR) is 68.5 cm³/mol. The number of nitrogens with one attached hydrogen (secondary N) is 2. The van der Waals surface area contributed by atoms with Gasteiger partial charge in [0, 0.05) is 18.3 Å². The molecule has 0 aliphatic rings. The fraction of sp³-hybridized carbons (Fsp3) is 0.455. The lowest BCUT2D eigenvalue weighted by Crippen LogP contribution is -2.27. The van der Waals surface area contributed by atoms with E-state index < -0.39 is 0 Å². The van der Waals surface area contributed by atoms with Crippen LogP contribution in [0.4, 0.5) is 0 Å². The minimum Gasteiger partial charge on any atom is -0.347 e. The third kappa shape index (κ3) is 2.73. The zero-order valence-corrected chi connectivity index (χ0v) is 11.3. The first-order valence-corrected chi connectivity index (χ1v) is 6.53. The molecule has 0 fully saturated rings. The SMILES string of the molecule is CC(C)c1nnc(C(=O)N[C@H](C)c2ncc[nH]2)s1. The van der Waals surface area contributed by atoms with Crippen molar-refractivity contribution in [2.24, 2.45) is 0 Å². The van der Waals surface area contributed by atoms with Crippen molar-refractivity contribution < 1.29 is 4.79 Å². The fourth-order valence-corrected chi connectivity index (χ4v) is 2.15. The van der Waals surface area contributed by atoms with Gasteiger partial charge in [-0.2, -0.15) is 0 Å². The molecular formula is C11H15N5OS. The summed E-state index contributed by atoms with van der Waals surface area (Å²) < 4.78 is 0. The van der Waals surface area contributed by atoms with E-state index in [-0.39, 0.29) is 17.9 Å². The van der Waals surface area contributed by atoms with Gasteiger partial charge in [-0.05, 0) is 6.92 Å². The van der Waals surface area contributed by atoms with Crippen molar-refractivity contribution in [1.82, 2.24) is 25.5 Å². The Labute approximate surface area is 109 Å². The molecule has 0 unspecified atom stereocenters. The largest absolute Gasteiger partial charge is 0.347 e. The Morgan fingerprint density at radius 3 is 2.72 bits per heavy atom. The molecule has 0 aliphatic heterocycles. The molecule has 2 heterocycles. The van der Waals surface area contributed by atoms with Gasteiger partial charge >= 0.3 is 0 Å². The molecule has 1 atom stereocenters. The van der Waals surface area contributed by atoms with Gasteiger partial charge in [0.15, 0.2) is 0 Å². The Kier molecular flexibility index (Phi) is 3.71. The molecule has 1 amide bonds. The number of imidazole rings is 1. The lowest BCUT2D eigenvalue weighted by Gasteiger charge is -2.09. The molecule has 0 aliphatic carbocycles. The molecule has 0 radical (unpaired) electrons. The first-order valence-electron chi connectivity index (χ1n) is 5.71. The molecule has 0 bridgehead atoms. The van der Waals surface area contributed by atoms with Crippen LogP contribution in [0.15, 0.2) is 12.4 Å². The highest BCUT2D eigenvalue weighted by atomic mass is 32.1. The number of H-pyrrole nitrogens is 1. The van der Waals surface area contributed by atoms with Crippen LogP contribution < -0.4 is 5.32 Å². The molecule has 2 aromatic heterocycles. The predicted octanol–water partition coefficient (Wildman–Crippen LogP) is 1.88. The summed E-state index contributed by atoms with van der Waals surface area (Å²) in [4.78, 5) is 19.0. The van der Waals surface area contributed by atoms with Crippen LogP contribution in [0.25, 0.3) is 0 Å². The third-order valence-electron chi connectivity index (χ3n) is 2.41. The first kappa shape index (κ1) is 12.7. The van der Waals surface area contributed by atoms with Crippen molar-refractivity contribution in [2.45, 2.75) is 32.7 Å². The molecule has 18 heavy (non-hydrogen) atoms. The van der Waals surface area contributed by atoms with E-state index in [9.17, 15) is 4.79 Å². The first-order chi connectivity index (χ1) is 8.58. The maximum absolute atomic E-state index is 11.9. The number of hydrogen-bond acceptors (Lipinski definition) is 5. The van der Waals surface area contributed by atoms with Gasteiger partial charge in [-0.3, -0.25) is 4.79 Å². The van der Waals surface area contributed by atoms with Crippen LogP contribution in [0.5, 0.6) is 0 Å². The van der Waals surface area contributed by atoms with E-state index >= 15 is 0 Å². The Bertz CT molecular complexity index is 519. The average Bonchev–Trinajstić information content (AvgIpc) is 3.00. The summed E-state index contributed by atoms with van der Waals surface area (Å²) in [6, 6.07) is -0.182. The zero-order chi connectivity index (χ0) is 13.1. The van der Waals surface area contributed by atoms with E-state index in [0.29, 0.717) is 5.01 Å². The van der Waals surface area contributed by atoms with Crippen molar-refractivity contribution in [1.29, 1.82) is 0 Å². The van der Waals surface area contributed by atoms with Gasteiger partial charge in [0.25, 0.3) is 5.91 Å². The number of carbonyl (C=O) groups is 1. The van der Waals surface area contributed by atoms with Crippen molar-refractivity contribution in [2.75, 3.05) is 0 Å².